The number of carbonyl (C=O) groups is 2. The fourth-order valence-electron chi connectivity index (χ4n) is 1.38. The van der Waals surface area contributed by atoms with E-state index in [9.17, 15) is 9.59 Å². The number of piperidine rings is 1. The molecule has 0 radical (unpaired) electrons. The molecule has 80 valence electrons. The molecule has 1 atom stereocenters. The standard InChI is InChI=1S/C9H16N2O3/c1-14-6-2-5-10-7-3-4-8(12)11-9(7)13/h7,10H,2-6H2,1H3,(H,11,12,13). The maximum absolute atomic E-state index is 11.2. The van der Waals surface area contributed by atoms with Crippen molar-refractivity contribution in [3.05, 3.63) is 0 Å². The van der Waals surface area contributed by atoms with E-state index < -0.39 is 0 Å². The van der Waals surface area contributed by atoms with Gasteiger partial charge in [0.2, 0.25) is 11.8 Å². The van der Waals surface area contributed by atoms with Crippen molar-refractivity contribution in [1.29, 1.82) is 0 Å². The number of methoxy groups -OCH3 is 1. The summed E-state index contributed by atoms with van der Waals surface area (Å²) in [4.78, 5) is 22.1. The molecule has 0 aromatic heterocycles. The van der Waals surface area contributed by atoms with Gasteiger partial charge in [-0.05, 0) is 19.4 Å². The summed E-state index contributed by atoms with van der Waals surface area (Å²) in [6.45, 7) is 1.42. The molecule has 0 aromatic carbocycles. The molecular weight excluding hydrogens is 184 g/mol. The second kappa shape index (κ2) is 5.72. The Morgan fingerprint density at radius 2 is 2.36 bits per heavy atom. The van der Waals surface area contributed by atoms with Crippen molar-refractivity contribution in [2.24, 2.45) is 0 Å². The van der Waals surface area contributed by atoms with Crippen LogP contribution in [0.2, 0.25) is 0 Å². The molecule has 1 saturated heterocycles. The minimum absolute atomic E-state index is 0.176. The molecule has 0 aliphatic carbocycles. The normalized spacial score (nSPS) is 22.2. The quantitative estimate of drug-likeness (QED) is 0.460. The third-order valence-electron chi connectivity index (χ3n) is 2.16. The number of ether oxygens (including phenoxy) is 1. The molecule has 14 heavy (non-hydrogen) atoms. The first-order valence-electron chi connectivity index (χ1n) is 4.80. The van der Waals surface area contributed by atoms with Gasteiger partial charge in [0.25, 0.3) is 0 Å². The summed E-state index contributed by atoms with van der Waals surface area (Å²) >= 11 is 0. The van der Waals surface area contributed by atoms with Gasteiger partial charge in [0.15, 0.2) is 0 Å². The Hall–Kier alpha value is -0.940. The van der Waals surface area contributed by atoms with E-state index in [1.807, 2.05) is 0 Å². The maximum atomic E-state index is 11.2. The van der Waals surface area contributed by atoms with Gasteiger partial charge in [0, 0.05) is 20.1 Å². The first-order valence-corrected chi connectivity index (χ1v) is 4.80. The van der Waals surface area contributed by atoms with Crippen LogP contribution in [0.4, 0.5) is 0 Å². The molecule has 1 unspecified atom stereocenters. The van der Waals surface area contributed by atoms with Crippen molar-refractivity contribution in [2.75, 3.05) is 20.3 Å². The van der Waals surface area contributed by atoms with Crippen LogP contribution >= 0.6 is 0 Å². The van der Waals surface area contributed by atoms with Gasteiger partial charge in [-0.1, -0.05) is 0 Å². The largest absolute Gasteiger partial charge is 0.385 e. The minimum atomic E-state index is -0.218. The summed E-state index contributed by atoms with van der Waals surface area (Å²) in [7, 11) is 1.64. The van der Waals surface area contributed by atoms with E-state index in [-0.39, 0.29) is 17.9 Å². The molecule has 1 aliphatic heterocycles. The number of hydrogen-bond acceptors (Lipinski definition) is 4. The van der Waals surface area contributed by atoms with Gasteiger partial charge >= 0.3 is 0 Å². The lowest BCUT2D eigenvalue weighted by atomic mass is 10.1. The third-order valence-corrected chi connectivity index (χ3v) is 2.16. The van der Waals surface area contributed by atoms with Crippen LogP contribution in [0.1, 0.15) is 19.3 Å². The zero-order chi connectivity index (χ0) is 10.4. The first kappa shape index (κ1) is 11.1. The maximum Gasteiger partial charge on any atom is 0.243 e. The molecule has 1 rings (SSSR count). The average molecular weight is 200 g/mol. The third kappa shape index (κ3) is 3.43. The SMILES string of the molecule is COCCCNC1CCC(=O)NC1=O. The molecule has 5 nitrogen and oxygen atoms in total. The number of carbonyl (C=O) groups excluding carboxylic acids is 2. The molecule has 0 bridgehead atoms. The number of rotatable bonds is 5. The van der Waals surface area contributed by atoms with E-state index in [1.165, 1.54) is 0 Å². The van der Waals surface area contributed by atoms with E-state index in [0.717, 1.165) is 13.0 Å². The lowest BCUT2D eigenvalue weighted by molar-refractivity contribution is -0.134. The van der Waals surface area contributed by atoms with Crippen LogP contribution in [0, 0.1) is 0 Å². The Morgan fingerprint density at radius 1 is 1.57 bits per heavy atom. The van der Waals surface area contributed by atoms with Crippen molar-refractivity contribution in [2.45, 2.75) is 25.3 Å². The molecule has 1 fully saturated rings. The smallest absolute Gasteiger partial charge is 0.243 e. The molecule has 2 amide bonds. The highest BCUT2D eigenvalue weighted by atomic mass is 16.5. The van der Waals surface area contributed by atoms with Crippen LogP contribution in [0.15, 0.2) is 0 Å². The first-order chi connectivity index (χ1) is 6.74. The number of hydrogen-bond donors (Lipinski definition) is 2. The second-order valence-electron chi connectivity index (χ2n) is 3.30. The second-order valence-corrected chi connectivity index (χ2v) is 3.30. The molecular formula is C9H16N2O3. The molecule has 1 aliphatic rings. The highest BCUT2D eigenvalue weighted by Crippen LogP contribution is 2.03. The lowest BCUT2D eigenvalue weighted by Gasteiger charge is -2.21. The molecule has 2 N–H and O–H groups in total. The van der Waals surface area contributed by atoms with E-state index >= 15 is 0 Å². The van der Waals surface area contributed by atoms with Gasteiger partial charge in [-0.3, -0.25) is 14.9 Å². The number of nitrogens with one attached hydrogen (secondary N) is 2. The van der Waals surface area contributed by atoms with Crippen molar-refractivity contribution in [3.8, 4) is 0 Å². The Labute approximate surface area is 83.2 Å². The van der Waals surface area contributed by atoms with E-state index in [2.05, 4.69) is 10.6 Å². The Bertz CT molecular complexity index is 218. The molecule has 0 saturated carbocycles. The van der Waals surface area contributed by atoms with E-state index in [4.69, 9.17) is 4.74 Å². The predicted molar refractivity (Wildman–Crippen MR) is 50.7 cm³/mol. The Kier molecular flexibility index (Phi) is 4.55. The monoisotopic (exact) mass is 200 g/mol. The zero-order valence-electron chi connectivity index (χ0n) is 8.34. The van der Waals surface area contributed by atoms with Gasteiger partial charge in [0.05, 0.1) is 6.04 Å². The number of imide groups is 1. The van der Waals surface area contributed by atoms with Gasteiger partial charge in [0.1, 0.15) is 0 Å². The highest BCUT2D eigenvalue weighted by Gasteiger charge is 2.25. The molecule has 5 heteroatoms. The number of amides is 2. The molecule has 1 heterocycles. The summed E-state index contributed by atoms with van der Waals surface area (Å²) in [5.41, 5.74) is 0. The van der Waals surface area contributed by atoms with Crippen LogP contribution in [-0.2, 0) is 14.3 Å². The van der Waals surface area contributed by atoms with Crippen molar-refractivity contribution in [1.82, 2.24) is 10.6 Å². The summed E-state index contributed by atoms with van der Waals surface area (Å²) in [6, 6.07) is -0.218. The van der Waals surface area contributed by atoms with E-state index in [1.54, 1.807) is 7.11 Å². The van der Waals surface area contributed by atoms with Crippen LogP contribution in [0.3, 0.4) is 0 Å². The topological polar surface area (TPSA) is 67.4 Å². The van der Waals surface area contributed by atoms with Crippen LogP contribution in [0.25, 0.3) is 0 Å². The van der Waals surface area contributed by atoms with Crippen LogP contribution in [0.5, 0.6) is 0 Å². The van der Waals surface area contributed by atoms with Crippen molar-refractivity contribution in [3.63, 3.8) is 0 Å². The van der Waals surface area contributed by atoms with Gasteiger partial charge in [-0.15, -0.1) is 0 Å². The van der Waals surface area contributed by atoms with Gasteiger partial charge in [-0.25, -0.2) is 0 Å². The van der Waals surface area contributed by atoms with Gasteiger partial charge < -0.3 is 10.1 Å². The fraction of sp³-hybridized carbons (Fsp3) is 0.778. The summed E-state index contributed by atoms with van der Waals surface area (Å²) in [6.07, 6.45) is 1.89. The van der Waals surface area contributed by atoms with Crippen LogP contribution < -0.4 is 10.6 Å². The van der Waals surface area contributed by atoms with Crippen LogP contribution in [-0.4, -0.2) is 38.1 Å². The van der Waals surface area contributed by atoms with Gasteiger partial charge in [-0.2, -0.15) is 0 Å². The van der Waals surface area contributed by atoms with E-state index in [0.29, 0.717) is 19.4 Å². The summed E-state index contributed by atoms with van der Waals surface area (Å²) in [5, 5.41) is 5.38. The lowest BCUT2D eigenvalue weighted by Crippen LogP contribution is -2.50. The van der Waals surface area contributed by atoms with Crippen molar-refractivity contribution < 1.29 is 14.3 Å². The Morgan fingerprint density at radius 3 is 3.00 bits per heavy atom. The average Bonchev–Trinajstić information content (AvgIpc) is 2.15. The minimum Gasteiger partial charge on any atom is -0.385 e. The molecule has 0 aromatic rings. The summed E-state index contributed by atoms with van der Waals surface area (Å²) in [5.74, 6) is -0.386. The summed E-state index contributed by atoms with van der Waals surface area (Å²) < 4.78 is 4.88. The molecule has 0 spiro atoms. The predicted octanol–water partition coefficient (Wildman–Crippen LogP) is -0.582. The fourth-order valence-corrected chi connectivity index (χ4v) is 1.38. The Balaban J connectivity index is 2.17. The zero-order valence-corrected chi connectivity index (χ0v) is 8.34. The highest BCUT2D eigenvalue weighted by molar-refractivity contribution is 6.00. The van der Waals surface area contributed by atoms with Crippen molar-refractivity contribution >= 4 is 11.8 Å².